The third-order valence-corrected chi connectivity index (χ3v) is 5.00. The van der Waals surface area contributed by atoms with Crippen molar-refractivity contribution >= 4 is 27.5 Å². The van der Waals surface area contributed by atoms with E-state index in [0.717, 1.165) is 15.8 Å². The van der Waals surface area contributed by atoms with Gasteiger partial charge in [-0.3, -0.25) is 4.79 Å². The van der Waals surface area contributed by atoms with Crippen LogP contribution in [0.1, 0.15) is 15.9 Å². The maximum atomic E-state index is 12.8. The Balaban J connectivity index is 1.75. The van der Waals surface area contributed by atoms with Gasteiger partial charge in [0, 0.05) is 23.4 Å². The molecule has 7 heteroatoms. The molecule has 3 rings (SSSR count). The van der Waals surface area contributed by atoms with Crippen LogP contribution >= 0.6 is 15.9 Å². The van der Waals surface area contributed by atoms with Crippen molar-refractivity contribution in [2.45, 2.75) is 6.61 Å². The molecule has 0 radical (unpaired) electrons. The molecule has 1 amide bonds. The summed E-state index contributed by atoms with van der Waals surface area (Å²) in [5.74, 6) is 1.87. The van der Waals surface area contributed by atoms with E-state index in [4.69, 9.17) is 18.9 Å². The van der Waals surface area contributed by atoms with Crippen molar-refractivity contribution in [3.8, 4) is 23.0 Å². The lowest BCUT2D eigenvalue weighted by Crippen LogP contribution is -2.13. The van der Waals surface area contributed by atoms with E-state index in [1.807, 2.05) is 36.4 Å². The summed E-state index contributed by atoms with van der Waals surface area (Å²) in [6.07, 6.45) is 0. The number of para-hydroxylation sites is 1. The standard InChI is InChI=1S/C23H22BrNO5/c1-27-20-12-17(13-21(28-2)22(20)29-3)25-23(26)16-8-6-7-15(11-16)14-30-19-10-5-4-9-18(19)24/h4-13H,14H2,1-3H3,(H,25,26). The second-order valence-corrected chi connectivity index (χ2v) is 7.14. The Hall–Kier alpha value is -3.19. The number of carbonyl (C=O) groups is 1. The van der Waals surface area contributed by atoms with Crippen molar-refractivity contribution in [2.24, 2.45) is 0 Å². The number of ether oxygens (including phenoxy) is 4. The number of hydrogen-bond acceptors (Lipinski definition) is 5. The van der Waals surface area contributed by atoms with E-state index >= 15 is 0 Å². The Bertz CT molecular complexity index is 1010. The Morgan fingerprint density at radius 2 is 1.57 bits per heavy atom. The molecule has 156 valence electrons. The molecule has 0 atom stereocenters. The van der Waals surface area contributed by atoms with Crippen LogP contribution in [-0.2, 0) is 6.61 Å². The molecule has 3 aromatic carbocycles. The van der Waals surface area contributed by atoms with Gasteiger partial charge in [-0.1, -0.05) is 24.3 Å². The summed E-state index contributed by atoms with van der Waals surface area (Å²) < 4.78 is 22.7. The number of halogens is 1. The maximum Gasteiger partial charge on any atom is 0.255 e. The number of nitrogens with one attached hydrogen (secondary N) is 1. The van der Waals surface area contributed by atoms with Crippen molar-refractivity contribution in [1.29, 1.82) is 0 Å². The quantitative estimate of drug-likeness (QED) is 0.482. The second kappa shape index (κ2) is 10.0. The number of methoxy groups -OCH3 is 3. The molecule has 0 fully saturated rings. The van der Waals surface area contributed by atoms with Crippen LogP contribution in [0.15, 0.2) is 65.1 Å². The molecule has 0 saturated heterocycles. The smallest absolute Gasteiger partial charge is 0.255 e. The predicted molar refractivity (Wildman–Crippen MR) is 119 cm³/mol. The number of hydrogen-bond donors (Lipinski definition) is 1. The predicted octanol–water partition coefficient (Wildman–Crippen LogP) is 5.31. The minimum absolute atomic E-state index is 0.257. The third kappa shape index (κ3) is 5.04. The Morgan fingerprint density at radius 1 is 0.867 bits per heavy atom. The largest absolute Gasteiger partial charge is 0.493 e. The minimum Gasteiger partial charge on any atom is -0.493 e. The van der Waals surface area contributed by atoms with Crippen LogP contribution in [0.25, 0.3) is 0 Å². The van der Waals surface area contributed by atoms with Crippen molar-refractivity contribution < 1.29 is 23.7 Å². The Morgan fingerprint density at radius 3 is 2.20 bits per heavy atom. The van der Waals surface area contributed by atoms with Crippen molar-refractivity contribution in [3.63, 3.8) is 0 Å². The number of rotatable bonds is 8. The van der Waals surface area contributed by atoms with Gasteiger partial charge in [0.1, 0.15) is 12.4 Å². The van der Waals surface area contributed by atoms with Crippen LogP contribution in [0.3, 0.4) is 0 Å². The first-order valence-electron chi connectivity index (χ1n) is 9.13. The summed E-state index contributed by atoms with van der Waals surface area (Å²) >= 11 is 3.46. The van der Waals surface area contributed by atoms with Gasteiger partial charge < -0.3 is 24.3 Å². The summed E-state index contributed by atoms with van der Waals surface area (Å²) in [7, 11) is 4.58. The van der Waals surface area contributed by atoms with Crippen LogP contribution in [-0.4, -0.2) is 27.2 Å². The molecule has 0 aliphatic heterocycles. The molecule has 0 unspecified atom stereocenters. The zero-order chi connectivity index (χ0) is 21.5. The fourth-order valence-corrected chi connectivity index (χ4v) is 3.28. The van der Waals surface area contributed by atoms with E-state index in [1.54, 1.807) is 24.3 Å². The van der Waals surface area contributed by atoms with Crippen LogP contribution in [0, 0.1) is 0 Å². The fourth-order valence-electron chi connectivity index (χ4n) is 2.88. The maximum absolute atomic E-state index is 12.8. The molecule has 0 aromatic heterocycles. The van der Waals surface area contributed by atoms with E-state index in [1.165, 1.54) is 21.3 Å². The van der Waals surface area contributed by atoms with E-state index in [2.05, 4.69) is 21.2 Å². The van der Waals surface area contributed by atoms with Gasteiger partial charge in [-0.25, -0.2) is 0 Å². The SMILES string of the molecule is COc1cc(NC(=O)c2cccc(COc3ccccc3Br)c2)cc(OC)c1OC. The highest BCUT2D eigenvalue weighted by atomic mass is 79.9. The van der Waals surface area contributed by atoms with Crippen LogP contribution in [0.2, 0.25) is 0 Å². The normalized spacial score (nSPS) is 10.3. The van der Waals surface area contributed by atoms with Gasteiger partial charge >= 0.3 is 0 Å². The number of amides is 1. The molecule has 0 aliphatic carbocycles. The van der Waals surface area contributed by atoms with Crippen LogP contribution in [0.5, 0.6) is 23.0 Å². The molecule has 0 spiro atoms. The lowest BCUT2D eigenvalue weighted by Gasteiger charge is -2.15. The summed E-state index contributed by atoms with van der Waals surface area (Å²) in [5, 5.41) is 2.87. The zero-order valence-corrected chi connectivity index (χ0v) is 18.5. The van der Waals surface area contributed by atoms with E-state index in [0.29, 0.717) is 35.1 Å². The van der Waals surface area contributed by atoms with Crippen molar-refractivity contribution in [2.75, 3.05) is 26.6 Å². The van der Waals surface area contributed by atoms with Crippen LogP contribution in [0.4, 0.5) is 5.69 Å². The topological polar surface area (TPSA) is 66.0 Å². The molecule has 1 N–H and O–H groups in total. The molecule has 30 heavy (non-hydrogen) atoms. The van der Waals surface area contributed by atoms with Gasteiger partial charge in [0.15, 0.2) is 11.5 Å². The highest BCUT2D eigenvalue weighted by Crippen LogP contribution is 2.40. The Kier molecular flexibility index (Phi) is 7.19. The highest BCUT2D eigenvalue weighted by Gasteiger charge is 2.15. The van der Waals surface area contributed by atoms with Crippen molar-refractivity contribution in [1.82, 2.24) is 0 Å². The van der Waals surface area contributed by atoms with E-state index < -0.39 is 0 Å². The lowest BCUT2D eigenvalue weighted by molar-refractivity contribution is 0.102. The van der Waals surface area contributed by atoms with E-state index in [9.17, 15) is 4.79 Å². The first-order chi connectivity index (χ1) is 14.5. The summed E-state index contributed by atoms with van der Waals surface area (Å²) in [5.41, 5.74) is 1.92. The van der Waals surface area contributed by atoms with Gasteiger partial charge in [0.25, 0.3) is 5.91 Å². The number of anilines is 1. The molecule has 0 heterocycles. The number of benzene rings is 3. The summed E-state index contributed by atoms with van der Waals surface area (Å²) in [6.45, 7) is 0.341. The van der Waals surface area contributed by atoms with Gasteiger partial charge in [0.05, 0.1) is 25.8 Å². The van der Waals surface area contributed by atoms with Gasteiger partial charge in [-0.05, 0) is 45.8 Å². The van der Waals surface area contributed by atoms with Crippen molar-refractivity contribution in [3.05, 3.63) is 76.3 Å². The first-order valence-corrected chi connectivity index (χ1v) is 9.92. The molecule has 0 aliphatic rings. The van der Waals surface area contributed by atoms with Gasteiger partial charge in [-0.2, -0.15) is 0 Å². The fraction of sp³-hybridized carbons (Fsp3) is 0.174. The molecular formula is C23H22BrNO5. The summed E-state index contributed by atoms with van der Waals surface area (Å²) in [4.78, 5) is 12.8. The lowest BCUT2D eigenvalue weighted by atomic mass is 10.1. The van der Waals surface area contributed by atoms with Crippen LogP contribution < -0.4 is 24.3 Å². The molecule has 0 bridgehead atoms. The first kappa shape index (κ1) is 21.5. The molecule has 6 nitrogen and oxygen atoms in total. The van der Waals surface area contributed by atoms with E-state index in [-0.39, 0.29) is 5.91 Å². The monoisotopic (exact) mass is 471 g/mol. The second-order valence-electron chi connectivity index (χ2n) is 6.29. The van der Waals surface area contributed by atoms with Gasteiger partial charge in [0.2, 0.25) is 5.75 Å². The van der Waals surface area contributed by atoms with Gasteiger partial charge in [-0.15, -0.1) is 0 Å². The molecule has 0 saturated carbocycles. The zero-order valence-electron chi connectivity index (χ0n) is 16.9. The average molecular weight is 472 g/mol. The third-order valence-electron chi connectivity index (χ3n) is 4.34. The highest BCUT2D eigenvalue weighted by molar-refractivity contribution is 9.10. The number of carbonyl (C=O) groups excluding carboxylic acids is 1. The minimum atomic E-state index is -0.257. The average Bonchev–Trinajstić information content (AvgIpc) is 2.78. The molecule has 3 aromatic rings. The Labute approximate surface area is 183 Å². The molecular weight excluding hydrogens is 450 g/mol. The summed E-state index contributed by atoms with van der Waals surface area (Å²) in [6, 6.07) is 18.3.